The minimum Gasteiger partial charge on any atom is -0.325 e. The average Bonchev–Trinajstić information content (AvgIpc) is 3.09. The first kappa shape index (κ1) is 19.1. The molecule has 0 atom stereocenters. The summed E-state index contributed by atoms with van der Waals surface area (Å²) in [5.74, 6) is -1.39. The van der Waals surface area contributed by atoms with Crippen LogP contribution in [0.5, 0.6) is 0 Å². The van der Waals surface area contributed by atoms with Gasteiger partial charge in [0.15, 0.2) is 5.03 Å². The molecule has 0 spiro atoms. The van der Waals surface area contributed by atoms with E-state index >= 15 is 0 Å². The number of amides is 2. The quantitative estimate of drug-likeness (QED) is 0.833. The Morgan fingerprint density at radius 1 is 1.22 bits per heavy atom. The molecule has 12 heteroatoms. The van der Waals surface area contributed by atoms with Crippen LogP contribution < -0.4 is 5.32 Å². The molecule has 0 unspecified atom stereocenters. The third kappa shape index (κ3) is 3.61. The monoisotopic (exact) mass is 400 g/mol. The molecule has 2 aromatic heterocycles. The third-order valence-electron chi connectivity index (χ3n) is 4.50. The Kier molecular flexibility index (Phi) is 5.09. The van der Waals surface area contributed by atoms with Crippen molar-refractivity contribution >= 4 is 21.6 Å². The highest BCUT2D eigenvalue weighted by molar-refractivity contribution is 7.92. The number of likely N-dealkylation sites (tertiary alicyclic amines) is 1. The lowest BCUT2D eigenvalue weighted by Gasteiger charge is -2.35. The first-order valence-corrected chi connectivity index (χ1v) is 9.65. The predicted octanol–water partition coefficient (Wildman–Crippen LogP) is 1.52. The molecule has 1 saturated heterocycles. The zero-order chi connectivity index (χ0) is 19.7. The smallest absolute Gasteiger partial charge is 0.325 e. The molecule has 1 aliphatic rings. The van der Waals surface area contributed by atoms with Crippen LogP contribution in [0.25, 0.3) is 0 Å². The van der Waals surface area contributed by atoms with Gasteiger partial charge >= 0.3 is 11.3 Å². The molecule has 0 aromatic carbocycles. The van der Waals surface area contributed by atoms with E-state index in [1.54, 1.807) is 6.07 Å². The summed E-state index contributed by atoms with van der Waals surface area (Å²) in [6, 6.07) is 2.14. The van der Waals surface area contributed by atoms with Gasteiger partial charge in [0.1, 0.15) is 0 Å². The highest BCUT2D eigenvalue weighted by Gasteiger charge is 2.54. The molecule has 3 rings (SSSR count). The van der Waals surface area contributed by atoms with Crippen LogP contribution in [0.2, 0.25) is 0 Å². The average molecular weight is 400 g/mol. The number of piperidine rings is 1. The van der Waals surface area contributed by atoms with Crippen molar-refractivity contribution in [3.8, 4) is 0 Å². The molecule has 0 aliphatic carbocycles. The summed E-state index contributed by atoms with van der Waals surface area (Å²) in [5, 5.41) is 8.99. The van der Waals surface area contributed by atoms with Gasteiger partial charge in [0.2, 0.25) is 0 Å². The number of alkyl halides is 2. The zero-order valence-corrected chi connectivity index (χ0v) is 15.2. The van der Waals surface area contributed by atoms with Crippen molar-refractivity contribution in [2.45, 2.75) is 23.1 Å². The lowest BCUT2D eigenvalue weighted by atomic mass is 9.97. The topological polar surface area (TPSA) is 110 Å². The maximum absolute atomic E-state index is 14.7. The van der Waals surface area contributed by atoms with Crippen LogP contribution >= 0.6 is 0 Å². The zero-order valence-electron chi connectivity index (χ0n) is 14.4. The fraction of sp³-hybridized carbons (Fsp3) is 0.467. The van der Waals surface area contributed by atoms with Crippen molar-refractivity contribution in [2.24, 2.45) is 13.0 Å². The number of sulfone groups is 1. The normalized spacial score (nSPS) is 16.3. The lowest BCUT2D eigenvalue weighted by Crippen LogP contribution is -2.47. The van der Waals surface area contributed by atoms with Gasteiger partial charge in [-0.05, 0) is 25.0 Å². The Morgan fingerprint density at radius 3 is 2.48 bits per heavy atom. The Bertz CT molecular complexity index is 911. The number of nitrogens with zero attached hydrogens (tertiary/aromatic N) is 5. The number of carbonyl (C=O) groups is 1. The second-order valence-corrected chi connectivity index (χ2v) is 8.15. The summed E-state index contributed by atoms with van der Waals surface area (Å²) in [5.41, 5.74) is 0.432. The Hall–Kier alpha value is -2.63. The number of hydrogen-bond acceptors (Lipinski definition) is 6. The molecular weight excluding hydrogens is 382 g/mol. The number of anilines is 1. The van der Waals surface area contributed by atoms with Crippen molar-refractivity contribution in [3.63, 3.8) is 0 Å². The first-order chi connectivity index (χ1) is 12.7. The van der Waals surface area contributed by atoms with Gasteiger partial charge in [0, 0.05) is 26.1 Å². The van der Waals surface area contributed by atoms with Crippen molar-refractivity contribution in [2.75, 3.05) is 18.4 Å². The molecular formula is C15H18F2N6O3S. The second-order valence-electron chi connectivity index (χ2n) is 6.18. The number of urea groups is 1. The molecule has 1 aliphatic heterocycles. The number of halogens is 2. The molecule has 146 valence electrons. The maximum atomic E-state index is 14.7. The van der Waals surface area contributed by atoms with E-state index in [4.69, 9.17) is 0 Å². The number of aromatic nitrogens is 4. The minimum absolute atomic E-state index is 0.0194. The lowest BCUT2D eigenvalue weighted by molar-refractivity contribution is 0.0000343. The van der Waals surface area contributed by atoms with Crippen LogP contribution in [0.4, 0.5) is 19.3 Å². The van der Waals surface area contributed by atoms with Gasteiger partial charge in [0.05, 0.1) is 24.3 Å². The number of aryl methyl sites for hydroxylation is 1. The molecule has 9 nitrogen and oxygen atoms in total. The fourth-order valence-electron chi connectivity index (χ4n) is 2.97. The number of carbonyl (C=O) groups excluding carboxylic acids is 1. The molecule has 2 amide bonds. The number of hydrogen-bond donors (Lipinski definition) is 1. The number of nitrogens with one attached hydrogen (secondary N) is 1. The molecule has 0 radical (unpaired) electrons. The summed E-state index contributed by atoms with van der Waals surface area (Å²) in [4.78, 5) is 13.6. The van der Waals surface area contributed by atoms with E-state index < -0.39 is 32.1 Å². The summed E-state index contributed by atoms with van der Waals surface area (Å²) in [7, 11) is -3.58. The van der Waals surface area contributed by atoms with Gasteiger partial charge < -0.3 is 10.2 Å². The van der Waals surface area contributed by atoms with Crippen LogP contribution in [0.15, 0.2) is 35.7 Å². The van der Waals surface area contributed by atoms with Gasteiger partial charge in [-0.2, -0.15) is 24.1 Å². The molecule has 27 heavy (non-hydrogen) atoms. The number of rotatable bonds is 4. The summed E-state index contributed by atoms with van der Waals surface area (Å²) < 4.78 is 55.1. The fourth-order valence-corrected chi connectivity index (χ4v) is 4.56. The van der Waals surface area contributed by atoms with Crippen LogP contribution in [0.1, 0.15) is 12.8 Å². The van der Waals surface area contributed by atoms with Crippen LogP contribution in [0, 0.1) is 5.92 Å². The van der Waals surface area contributed by atoms with Crippen LogP contribution in [0.3, 0.4) is 0 Å². The van der Waals surface area contributed by atoms with Crippen molar-refractivity contribution in [1.29, 1.82) is 0 Å². The van der Waals surface area contributed by atoms with E-state index in [1.165, 1.54) is 24.3 Å². The molecule has 1 N–H and O–H groups in total. The molecule has 1 fully saturated rings. The highest BCUT2D eigenvalue weighted by Crippen LogP contribution is 2.40. The summed E-state index contributed by atoms with van der Waals surface area (Å²) >= 11 is 0. The van der Waals surface area contributed by atoms with Gasteiger partial charge in [-0.1, -0.05) is 0 Å². The second kappa shape index (κ2) is 7.18. The van der Waals surface area contributed by atoms with E-state index in [0.29, 0.717) is 5.69 Å². The standard InChI is InChI=1S/C15H18F2N6O3S/c1-22-13(3-7-20-22)27(25,26)15(16,17)11-4-8-23(9-5-11)14(24)21-12-2-6-18-19-10-12/h2-3,6-7,10-11H,4-5,8-9H2,1H3,(H,18,21,24). The minimum atomic E-state index is -4.88. The van der Waals surface area contributed by atoms with Gasteiger partial charge in [-0.25, -0.2) is 13.2 Å². The Labute approximate surface area is 154 Å². The van der Waals surface area contributed by atoms with E-state index in [9.17, 15) is 22.0 Å². The highest BCUT2D eigenvalue weighted by atomic mass is 32.2. The Balaban J connectivity index is 1.66. The van der Waals surface area contributed by atoms with E-state index in [0.717, 1.165) is 16.9 Å². The molecule has 3 heterocycles. The Morgan fingerprint density at radius 2 is 1.93 bits per heavy atom. The van der Waals surface area contributed by atoms with Crippen molar-refractivity contribution in [1.82, 2.24) is 24.9 Å². The third-order valence-corrected chi connectivity index (χ3v) is 6.50. The molecule has 2 aromatic rings. The first-order valence-electron chi connectivity index (χ1n) is 8.16. The van der Waals surface area contributed by atoms with E-state index in [-0.39, 0.29) is 25.9 Å². The molecule has 0 saturated carbocycles. The van der Waals surface area contributed by atoms with E-state index in [1.807, 2.05) is 0 Å². The van der Waals surface area contributed by atoms with Gasteiger partial charge in [-0.15, -0.1) is 0 Å². The largest absolute Gasteiger partial charge is 0.354 e. The van der Waals surface area contributed by atoms with Crippen LogP contribution in [-0.4, -0.2) is 57.7 Å². The van der Waals surface area contributed by atoms with Crippen molar-refractivity contribution in [3.05, 3.63) is 30.7 Å². The summed E-state index contributed by atoms with van der Waals surface area (Å²) in [6.45, 7) is 0.0387. The molecule has 0 bridgehead atoms. The van der Waals surface area contributed by atoms with E-state index in [2.05, 4.69) is 20.6 Å². The SMILES string of the molecule is Cn1nccc1S(=O)(=O)C(F)(F)C1CCN(C(=O)Nc2ccnnc2)CC1. The summed E-state index contributed by atoms with van der Waals surface area (Å²) in [6.07, 6.45) is 3.66. The van der Waals surface area contributed by atoms with Gasteiger partial charge in [0.25, 0.3) is 9.84 Å². The van der Waals surface area contributed by atoms with Crippen LogP contribution in [-0.2, 0) is 16.9 Å². The maximum Gasteiger partial charge on any atom is 0.354 e. The predicted molar refractivity (Wildman–Crippen MR) is 90.7 cm³/mol. The van der Waals surface area contributed by atoms with Gasteiger partial charge in [-0.3, -0.25) is 4.68 Å². The van der Waals surface area contributed by atoms with Crippen molar-refractivity contribution < 1.29 is 22.0 Å².